The average Bonchev–Trinajstić information content (AvgIpc) is 2.75. The van der Waals surface area contributed by atoms with Crippen molar-refractivity contribution >= 4 is 5.91 Å². The summed E-state index contributed by atoms with van der Waals surface area (Å²) in [5, 5.41) is 2.34. The van der Waals surface area contributed by atoms with Crippen LogP contribution < -0.4 is 10.1 Å². The van der Waals surface area contributed by atoms with E-state index in [0.29, 0.717) is 16.9 Å². The molecular weight excluding hydrogens is 393 g/mol. The van der Waals surface area contributed by atoms with E-state index in [9.17, 15) is 26.7 Å². The third-order valence-electron chi connectivity index (χ3n) is 4.29. The zero-order valence-corrected chi connectivity index (χ0v) is 15.0. The topological polar surface area (TPSA) is 38.3 Å². The van der Waals surface area contributed by atoms with Gasteiger partial charge in [-0.1, -0.05) is 42.5 Å². The van der Waals surface area contributed by atoms with Gasteiger partial charge in [0.05, 0.1) is 13.2 Å². The van der Waals surface area contributed by atoms with E-state index in [1.54, 1.807) is 54.6 Å². The third-order valence-corrected chi connectivity index (χ3v) is 4.29. The Balaban J connectivity index is 2.04. The minimum Gasteiger partial charge on any atom is -0.497 e. The number of rotatable bonds is 5. The van der Waals surface area contributed by atoms with Crippen molar-refractivity contribution in [3.63, 3.8) is 0 Å². The van der Waals surface area contributed by atoms with Gasteiger partial charge in [-0.05, 0) is 23.3 Å². The molecule has 150 valence electrons. The first-order chi connectivity index (χ1) is 13.8. The molecule has 0 saturated heterocycles. The van der Waals surface area contributed by atoms with Crippen LogP contribution in [0.25, 0.3) is 0 Å². The summed E-state index contributed by atoms with van der Waals surface area (Å²) in [6.45, 7) is 0. The first-order valence-corrected chi connectivity index (χ1v) is 8.36. The maximum Gasteiger partial charge on any atom is 0.258 e. The van der Waals surface area contributed by atoms with Gasteiger partial charge in [-0.3, -0.25) is 4.79 Å². The van der Waals surface area contributed by atoms with E-state index in [1.807, 2.05) is 0 Å². The molecule has 0 spiro atoms. The Hall–Kier alpha value is -3.42. The highest BCUT2D eigenvalue weighted by molar-refractivity contribution is 5.95. The van der Waals surface area contributed by atoms with Crippen molar-refractivity contribution in [3.05, 3.63) is 100 Å². The van der Waals surface area contributed by atoms with Crippen molar-refractivity contribution in [1.29, 1.82) is 0 Å². The molecule has 1 atom stereocenters. The number of carbonyl (C=O) groups is 1. The maximum absolute atomic E-state index is 14.0. The molecule has 0 bridgehead atoms. The van der Waals surface area contributed by atoms with Crippen LogP contribution in [-0.4, -0.2) is 13.0 Å². The van der Waals surface area contributed by atoms with Gasteiger partial charge >= 0.3 is 0 Å². The number of halogens is 5. The zero-order chi connectivity index (χ0) is 21.1. The van der Waals surface area contributed by atoms with Gasteiger partial charge in [0.2, 0.25) is 5.82 Å². The number of carbonyl (C=O) groups excluding carboxylic acids is 1. The number of benzene rings is 3. The highest BCUT2D eigenvalue weighted by atomic mass is 19.2. The molecular formula is C21H14F5NO2. The Morgan fingerprint density at radius 1 is 0.759 bits per heavy atom. The van der Waals surface area contributed by atoms with Gasteiger partial charge in [0.25, 0.3) is 5.91 Å². The Kier molecular flexibility index (Phi) is 5.81. The fraction of sp³-hybridized carbons (Fsp3) is 0.0952. The van der Waals surface area contributed by atoms with Crippen LogP contribution in [-0.2, 0) is 0 Å². The largest absolute Gasteiger partial charge is 0.497 e. The molecule has 3 aromatic rings. The molecule has 1 N–H and O–H groups in total. The molecule has 8 heteroatoms. The lowest BCUT2D eigenvalue weighted by Crippen LogP contribution is -2.31. The molecule has 0 aliphatic rings. The predicted octanol–water partition coefficient (Wildman–Crippen LogP) is 4.91. The van der Waals surface area contributed by atoms with Crippen LogP contribution >= 0.6 is 0 Å². The molecule has 3 nitrogen and oxygen atoms in total. The predicted molar refractivity (Wildman–Crippen MR) is 95.0 cm³/mol. The Morgan fingerprint density at radius 2 is 1.24 bits per heavy atom. The third kappa shape index (κ3) is 3.91. The Morgan fingerprint density at radius 3 is 1.76 bits per heavy atom. The number of nitrogens with one attached hydrogen (secondary N) is 1. The van der Waals surface area contributed by atoms with Crippen molar-refractivity contribution < 1.29 is 31.5 Å². The molecule has 0 aromatic heterocycles. The van der Waals surface area contributed by atoms with Crippen LogP contribution in [0, 0.1) is 29.1 Å². The van der Waals surface area contributed by atoms with Gasteiger partial charge < -0.3 is 10.1 Å². The van der Waals surface area contributed by atoms with Crippen molar-refractivity contribution in [1.82, 2.24) is 5.32 Å². The van der Waals surface area contributed by atoms with Gasteiger partial charge in [0, 0.05) is 0 Å². The molecule has 29 heavy (non-hydrogen) atoms. The molecule has 3 rings (SSSR count). The highest BCUT2D eigenvalue weighted by Gasteiger charge is 2.31. The van der Waals surface area contributed by atoms with Crippen LogP contribution in [0.1, 0.15) is 27.5 Å². The lowest BCUT2D eigenvalue weighted by Gasteiger charge is -2.21. The molecule has 0 heterocycles. The van der Waals surface area contributed by atoms with E-state index < -0.39 is 46.6 Å². The van der Waals surface area contributed by atoms with E-state index in [1.165, 1.54) is 7.11 Å². The average molecular weight is 407 g/mol. The summed E-state index contributed by atoms with van der Waals surface area (Å²) in [7, 11) is 1.47. The summed E-state index contributed by atoms with van der Waals surface area (Å²) in [5.74, 6) is -12.0. The fourth-order valence-electron chi connectivity index (χ4n) is 2.81. The van der Waals surface area contributed by atoms with Crippen LogP contribution in [0.3, 0.4) is 0 Å². The van der Waals surface area contributed by atoms with Gasteiger partial charge in [-0.15, -0.1) is 0 Å². The quantitative estimate of drug-likeness (QED) is 0.371. The highest BCUT2D eigenvalue weighted by Crippen LogP contribution is 2.27. The summed E-state index contributed by atoms with van der Waals surface area (Å²) in [6, 6.07) is 13.9. The zero-order valence-electron chi connectivity index (χ0n) is 15.0. The standard InChI is InChI=1S/C21H14F5NO2/c1-29-13-9-7-12(8-10-13)20(11-5-3-2-4-6-11)27-21(28)14-15(22)17(24)19(26)18(25)16(14)23/h2-10,20H,1H3,(H,27,28)/t20-/m1/s1. The van der Waals surface area contributed by atoms with Gasteiger partial charge in [0.15, 0.2) is 23.3 Å². The second-order valence-electron chi connectivity index (χ2n) is 6.04. The number of ether oxygens (including phenoxy) is 1. The first kappa shape index (κ1) is 20.3. The molecule has 0 saturated carbocycles. The van der Waals surface area contributed by atoms with E-state index in [0.717, 1.165) is 0 Å². The molecule has 0 radical (unpaired) electrons. The molecule has 1 amide bonds. The minimum absolute atomic E-state index is 0.509. The number of hydrogen-bond donors (Lipinski definition) is 1. The van der Waals surface area contributed by atoms with Gasteiger partial charge in [-0.2, -0.15) is 0 Å². The van der Waals surface area contributed by atoms with Crippen LogP contribution in [0.2, 0.25) is 0 Å². The van der Waals surface area contributed by atoms with Crippen molar-refractivity contribution in [3.8, 4) is 5.75 Å². The summed E-state index contributed by atoms with van der Waals surface area (Å²) in [5.41, 5.74) is -0.500. The maximum atomic E-state index is 14.0. The van der Waals surface area contributed by atoms with Gasteiger partial charge in [-0.25, -0.2) is 22.0 Å². The van der Waals surface area contributed by atoms with Crippen molar-refractivity contribution in [2.75, 3.05) is 7.11 Å². The van der Waals surface area contributed by atoms with Crippen molar-refractivity contribution in [2.24, 2.45) is 0 Å². The summed E-state index contributed by atoms with van der Waals surface area (Å²) in [6.07, 6.45) is 0. The number of hydrogen-bond acceptors (Lipinski definition) is 2. The number of amides is 1. The Bertz CT molecular complexity index is 1010. The molecule has 0 unspecified atom stereocenters. The van der Waals surface area contributed by atoms with Crippen LogP contribution in [0.15, 0.2) is 54.6 Å². The Labute approximate surface area is 162 Å². The molecule has 0 fully saturated rings. The van der Waals surface area contributed by atoms with E-state index >= 15 is 0 Å². The van der Waals surface area contributed by atoms with Crippen LogP contribution in [0.4, 0.5) is 22.0 Å². The monoisotopic (exact) mass is 407 g/mol. The summed E-state index contributed by atoms with van der Waals surface area (Å²) < 4.78 is 73.3. The smallest absolute Gasteiger partial charge is 0.258 e. The minimum atomic E-state index is -2.33. The summed E-state index contributed by atoms with van der Waals surface area (Å²) >= 11 is 0. The van der Waals surface area contributed by atoms with Crippen molar-refractivity contribution in [2.45, 2.75) is 6.04 Å². The van der Waals surface area contributed by atoms with E-state index in [4.69, 9.17) is 4.74 Å². The lowest BCUT2D eigenvalue weighted by molar-refractivity contribution is 0.0931. The van der Waals surface area contributed by atoms with E-state index in [-0.39, 0.29) is 0 Å². The second kappa shape index (κ2) is 8.30. The second-order valence-corrected chi connectivity index (χ2v) is 6.04. The van der Waals surface area contributed by atoms with E-state index in [2.05, 4.69) is 5.32 Å². The fourth-order valence-corrected chi connectivity index (χ4v) is 2.81. The van der Waals surface area contributed by atoms with Gasteiger partial charge in [0.1, 0.15) is 11.3 Å². The number of methoxy groups -OCH3 is 1. The molecule has 0 aliphatic heterocycles. The molecule has 3 aromatic carbocycles. The van der Waals surface area contributed by atoms with Crippen LogP contribution in [0.5, 0.6) is 5.75 Å². The summed E-state index contributed by atoms with van der Waals surface area (Å²) in [4.78, 5) is 12.5. The normalized spacial score (nSPS) is 11.8. The first-order valence-electron chi connectivity index (χ1n) is 8.36. The molecule has 0 aliphatic carbocycles. The lowest BCUT2D eigenvalue weighted by atomic mass is 9.98. The SMILES string of the molecule is COc1ccc([C@H](NC(=O)c2c(F)c(F)c(F)c(F)c2F)c2ccccc2)cc1.